The van der Waals surface area contributed by atoms with Gasteiger partial charge in [0.25, 0.3) is 0 Å². The number of piperidine rings is 1. The summed E-state index contributed by atoms with van der Waals surface area (Å²) in [4.78, 5) is 0. The van der Waals surface area contributed by atoms with Crippen molar-refractivity contribution in [2.75, 3.05) is 13.1 Å². The van der Waals surface area contributed by atoms with Crippen LogP contribution in [0.25, 0.3) is 0 Å². The van der Waals surface area contributed by atoms with E-state index in [4.69, 9.17) is 0 Å². The molecule has 0 aromatic heterocycles. The number of hydrogen-bond donors (Lipinski definition) is 2. The van der Waals surface area contributed by atoms with Crippen LogP contribution >= 0.6 is 0 Å². The summed E-state index contributed by atoms with van der Waals surface area (Å²) in [6.07, 6.45) is 2.52. The lowest BCUT2D eigenvalue weighted by Crippen LogP contribution is -2.43. The number of nitrogens with one attached hydrogen (secondary N) is 1. The predicted molar refractivity (Wildman–Crippen MR) is 66.7 cm³/mol. The quantitative estimate of drug-likeness (QED) is 0.797. The van der Waals surface area contributed by atoms with Crippen LogP contribution in [0.2, 0.25) is 0 Å². The largest absolute Gasteiger partial charge is 0.389 e. The van der Waals surface area contributed by atoms with Crippen molar-refractivity contribution in [3.63, 3.8) is 0 Å². The van der Waals surface area contributed by atoms with E-state index in [1.807, 2.05) is 0 Å². The fourth-order valence-electron chi connectivity index (χ4n) is 2.43. The van der Waals surface area contributed by atoms with Crippen LogP contribution in [0, 0.1) is 13.8 Å². The molecule has 1 aromatic rings. The number of aryl methyl sites for hydroxylation is 1. The zero-order valence-electron chi connectivity index (χ0n) is 10.2. The van der Waals surface area contributed by atoms with Gasteiger partial charge in [0, 0.05) is 6.42 Å². The Bertz CT molecular complexity index is 367. The van der Waals surface area contributed by atoms with Gasteiger partial charge in [-0.25, -0.2) is 0 Å². The maximum absolute atomic E-state index is 10.5. The Kier molecular flexibility index (Phi) is 3.31. The zero-order valence-corrected chi connectivity index (χ0v) is 10.2. The molecule has 1 heterocycles. The molecule has 0 bridgehead atoms. The lowest BCUT2D eigenvalue weighted by atomic mass is 9.84. The average molecular weight is 219 g/mol. The van der Waals surface area contributed by atoms with E-state index >= 15 is 0 Å². The van der Waals surface area contributed by atoms with Gasteiger partial charge in [0.1, 0.15) is 0 Å². The van der Waals surface area contributed by atoms with E-state index in [9.17, 15) is 5.11 Å². The Hall–Kier alpha value is -0.860. The molecule has 1 fully saturated rings. The van der Waals surface area contributed by atoms with Crippen molar-refractivity contribution >= 4 is 0 Å². The lowest BCUT2D eigenvalue weighted by molar-refractivity contribution is 0.0107. The van der Waals surface area contributed by atoms with Crippen LogP contribution in [0.4, 0.5) is 0 Å². The first kappa shape index (κ1) is 11.6. The van der Waals surface area contributed by atoms with Gasteiger partial charge >= 0.3 is 0 Å². The van der Waals surface area contributed by atoms with Crippen molar-refractivity contribution in [2.45, 2.75) is 38.7 Å². The fourth-order valence-corrected chi connectivity index (χ4v) is 2.43. The van der Waals surface area contributed by atoms with E-state index in [0.29, 0.717) is 0 Å². The minimum absolute atomic E-state index is 0.496. The smallest absolute Gasteiger partial charge is 0.0712 e. The number of benzene rings is 1. The Morgan fingerprint density at radius 1 is 1.25 bits per heavy atom. The summed E-state index contributed by atoms with van der Waals surface area (Å²) < 4.78 is 0. The number of rotatable bonds is 2. The molecule has 0 atom stereocenters. The van der Waals surface area contributed by atoms with Gasteiger partial charge in [-0.05, 0) is 56.5 Å². The average Bonchev–Trinajstić information content (AvgIpc) is 2.26. The van der Waals surface area contributed by atoms with E-state index in [2.05, 4.69) is 37.4 Å². The molecule has 1 aliphatic rings. The molecular weight excluding hydrogens is 198 g/mol. The number of aliphatic hydroxyl groups is 1. The van der Waals surface area contributed by atoms with Crippen LogP contribution in [0.1, 0.15) is 29.5 Å². The third-order valence-electron chi connectivity index (χ3n) is 3.77. The van der Waals surface area contributed by atoms with Crippen molar-refractivity contribution in [1.82, 2.24) is 5.32 Å². The third-order valence-corrected chi connectivity index (χ3v) is 3.77. The monoisotopic (exact) mass is 219 g/mol. The highest BCUT2D eigenvalue weighted by Crippen LogP contribution is 2.25. The van der Waals surface area contributed by atoms with E-state index in [-0.39, 0.29) is 0 Å². The van der Waals surface area contributed by atoms with Crippen LogP contribution in [0.5, 0.6) is 0 Å². The van der Waals surface area contributed by atoms with E-state index < -0.39 is 5.60 Å². The Balaban J connectivity index is 2.16. The highest BCUT2D eigenvalue weighted by atomic mass is 16.3. The predicted octanol–water partition coefficient (Wildman–Crippen LogP) is 1.96. The van der Waals surface area contributed by atoms with Crippen LogP contribution in [0.3, 0.4) is 0 Å². The van der Waals surface area contributed by atoms with Crippen LogP contribution in [-0.2, 0) is 6.42 Å². The molecule has 2 N–H and O–H groups in total. The Labute approximate surface area is 97.7 Å². The summed E-state index contributed by atoms with van der Waals surface area (Å²) >= 11 is 0. The van der Waals surface area contributed by atoms with E-state index in [1.165, 1.54) is 16.7 Å². The maximum atomic E-state index is 10.5. The molecule has 2 rings (SSSR count). The second-order valence-corrected chi connectivity index (χ2v) is 5.01. The Morgan fingerprint density at radius 2 is 1.94 bits per heavy atom. The van der Waals surface area contributed by atoms with Gasteiger partial charge in [-0.2, -0.15) is 0 Å². The van der Waals surface area contributed by atoms with E-state index in [1.54, 1.807) is 0 Å². The first-order valence-electron chi connectivity index (χ1n) is 6.09. The van der Waals surface area contributed by atoms with Gasteiger partial charge in [-0.3, -0.25) is 0 Å². The summed E-state index contributed by atoms with van der Waals surface area (Å²) in [6, 6.07) is 6.36. The van der Waals surface area contributed by atoms with Gasteiger partial charge in [0.15, 0.2) is 0 Å². The minimum atomic E-state index is -0.496. The molecule has 0 aliphatic carbocycles. The molecular formula is C14H21NO. The highest BCUT2D eigenvalue weighted by Gasteiger charge is 2.29. The third kappa shape index (κ3) is 2.45. The van der Waals surface area contributed by atoms with Crippen LogP contribution < -0.4 is 5.32 Å². The first-order valence-corrected chi connectivity index (χ1v) is 6.09. The molecule has 0 saturated carbocycles. The summed E-state index contributed by atoms with van der Waals surface area (Å²) in [5.74, 6) is 0. The molecule has 0 spiro atoms. The second kappa shape index (κ2) is 4.56. The summed E-state index contributed by atoms with van der Waals surface area (Å²) in [5.41, 5.74) is 3.44. The Morgan fingerprint density at radius 3 is 2.62 bits per heavy atom. The van der Waals surface area contributed by atoms with Crippen molar-refractivity contribution in [3.05, 3.63) is 34.9 Å². The van der Waals surface area contributed by atoms with Gasteiger partial charge in [0.2, 0.25) is 0 Å². The summed E-state index contributed by atoms with van der Waals surface area (Å²) in [6.45, 7) is 6.14. The van der Waals surface area contributed by atoms with Crippen molar-refractivity contribution in [3.8, 4) is 0 Å². The lowest BCUT2D eigenvalue weighted by Gasteiger charge is -2.33. The van der Waals surface area contributed by atoms with Gasteiger partial charge in [0.05, 0.1) is 5.60 Å². The standard InChI is InChI=1S/C14H21NO/c1-11-4-3-5-13(12(11)2)10-14(16)6-8-15-9-7-14/h3-5,15-16H,6-10H2,1-2H3. The van der Waals surface area contributed by atoms with Crippen molar-refractivity contribution in [1.29, 1.82) is 0 Å². The maximum Gasteiger partial charge on any atom is 0.0712 e. The number of hydrogen-bond acceptors (Lipinski definition) is 2. The van der Waals surface area contributed by atoms with Gasteiger partial charge in [-0.1, -0.05) is 18.2 Å². The molecule has 1 aromatic carbocycles. The molecule has 1 saturated heterocycles. The highest BCUT2D eigenvalue weighted by molar-refractivity contribution is 5.34. The molecule has 16 heavy (non-hydrogen) atoms. The van der Waals surface area contributed by atoms with E-state index in [0.717, 1.165) is 32.4 Å². The van der Waals surface area contributed by atoms with Crippen molar-refractivity contribution < 1.29 is 5.11 Å². The molecule has 88 valence electrons. The van der Waals surface area contributed by atoms with Gasteiger partial charge in [-0.15, -0.1) is 0 Å². The molecule has 2 nitrogen and oxygen atoms in total. The minimum Gasteiger partial charge on any atom is -0.389 e. The zero-order chi connectivity index (χ0) is 11.6. The molecule has 0 amide bonds. The fraction of sp³-hybridized carbons (Fsp3) is 0.571. The summed E-state index contributed by atoms with van der Waals surface area (Å²) in [5, 5.41) is 13.8. The first-order chi connectivity index (χ1) is 7.61. The molecule has 0 radical (unpaired) electrons. The van der Waals surface area contributed by atoms with Gasteiger partial charge < -0.3 is 10.4 Å². The van der Waals surface area contributed by atoms with Crippen molar-refractivity contribution in [2.24, 2.45) is 0 Å². The van der Waals surface area contributed by atoms with Crippen LogP contribution in [0.15, 0.2) is 18.2 Å². The normalized spacial score (nSPS) is 19.7. The summed E-state index contributed by atoms with van der Waals surface area (Å²) in [7, 11) is 0. The SMILES string of the molecule is Cc1cccc(CC2(O)CCNCC2)c1C. The second-order valence-electron chi connectivity index (χ2n) is 5.01. The topological polar surface area (TPSA) is 32.3 Å². The molecule has 0 unspecified atom stereocenters. The van der Waals surface area contributed by atoms with Crippen LogP contribution in [-0.4, -0.2) is 23.8 Å². The molecule has 1 aliphatic heterocycles. The molecule has 2 heteroatoms.